The molecular weight excluding hydrogens is 448 g/mol. The Labute approximate surface area is 226 Å². The first kappa shape index (κ1) is 34.7. The lowest BCUT2D eigenvalue weighted by Crippen LogP contribution is -1.98. The van der Waals surface area contributed by atoms with Gasteiger partial charge in [-0.1, -0.05) is 203 Å². The van der Waals surface area contributed by atoms with E-state index >= 15 is 0 Å². The third-order valence-corrected chi connectivity index (χ3v) is 10.9. The predicted molar refractivity (Wildman–Crippen MR) is 165 cm³/mol. The smallest absolute Gasteiger partial charge is 0.0123 e. The zero-order chi connectivity index (χ0) is 25.0. The van der Waals surface area contributed by atoms with Crippen molar-refractivity contribution in [2.45, 2.75) is 205 Å². The summed E-state index contributed by atoms with van der Waals surface area (Å²) in [5.74, 6) is 0. The molecule has 0 aliphatic carbocycles. The van der Waals surface area contributed by atoms with Gasteiger partial charge in [-0.05, 0) is 12.8 Å². The Morgan fingerprint density at radius 2 is 0.529 bits per heavy atom. The zero-order valence-corrected chi connectivity index (χ0v) is 26.0. The fourth-order valence-electron chi connectivity index (χ4n) is 4.83. The molecule has 2 heteroatoms. The van der Waals surface area contributed by atoms with Gasteiger partial charge in [0, 0.05) is 10.5 Å². The van der Waals surface area contributed by atoms with E-state index in [0.29, 0.717) is 0 Å². The Morgan fingerprint density at radius 3 is 0.765 bits per heavy atom. The lowest BCUT2D eigenvalue weighted by molar-refractivity contribution is 0.539. The highest BCUT2D eigenvalue weighted by Crippen LogP contribution is 2.35. The molecule has 0 heterocycles. The molecule has 0 saturated heterocycles. The maximum atomic E-state index is 2.45. The summed E-state index contributed by atoms with van der Waals surface area (Å²) in [5, 5.41) is 1.66. The van der Waals surface area contributed by atoms with Crippen LogP contribution in [0.4, 0.5) is 0 Å². The van der Waals surface area contributed by atoms with E-state index in [1.54, 1.807) is 0 Å². The SMILES string of the molecule is CCCCCCCCCCCCCCC(C)SSC(C)CCCCCCCCCCCCCC. The van der Waals surface area contributed by atoms with Gasteiger partial charge in [-0.3, -0.25) is 0 Å². The average Bonchev–Trinajstić information content (AvgIpc) is 2.84. The fourth-order valence-corrected chi connectivity index (χ4v) is 7.45. The minimum absolute atomic E-state index is 0.831. The second-order valence-electron chi connectivity index (χ2n) is 11.2. The maximum Gasteiger partial charge on any atom is 0.0123 e. The molecule has 0 saturated carbocycles. The van der Waals surface area contributed by atoms with Gasteiger partial charge >= 0.3 is 0 Å². The fraction of sp³-hybridized carbons (Fsp3) is 1.00. The molecule has 34 heavy (non-hydrogen) atoms. The molecule has 0 aromatic rings. The normalized spacial score (nSPS) is 13.4. The van der Waals surface area contributed by atoms with Crippen LogP contribution >= 0.6 is 21.6 Å². The molecule has 2 atom stereocenters. The van der Waals surface area contributed by atoms with E-state index in [-0.39, 0.29) is 0 Å². The molecule has 0 spiro atoms. The summed E-state index contributed by atoms with van der Waals surface area (Å²) in [7, 11) is 4.34. The van der Waals surface area contributed by atoms with Gasteiger partial charge in [-0.2, -0.15) is 0 Å². The van der Waals surface area contributed by atoms with Gasteiger partial charge < -0.3 is 0 Å². The first-order chi connectivity index (χ1) is 16.7. The van der Waals surface area contributed by atoms with Crippen LogP contribution in [0.1, 0.15) is 195 Å². The van der Waals surface area contributed by atoms with Crippen LogP contribution in [-0.2, 0) is 0 Å². The molecule has 0 radical (unpaired) electrons. The summed E-state index contributed by atoms with van der Waals surface area (Å²) >= 11 is 0. The third-order valence-electron chi connectivity index (χ3n) is 7.31. The molecule has 2 unspecified atom stereocenters. The van der Waals surface area contributed by atoms with Crippen LogP contribution in [0.15, 0.2) is 0 Å². The Hall–Kier alpha value is 0.700. The molecule has 0 amide bonds. The van der Waals surface area contributed by atoms with Crippen LogP contribution in [0.2, 0.25) is 0 Å². The van der Waals surface area contributed by atoms with Crippen LogP contribution in [0, 0.1) is 0 Å². The van der Waals surface area contributed by atoms with E-state index in [1.807, 2.05) is 0 Å². The van der Waals surface area contributed by atoms with Gasteiger partial charge in [-0.25, -0.2) is 0 Å². The summed E-state index contributed by atoms with van der Waals surface area (Å²) in [4.78, 5) is 0. The van der Waals surface area contributed by atoms with Crippen molar-refractivity contribution in [3.05, 3.63) is 0 Å². The Kier molecular flexibility index (Phi) is 30.5. The summed E-state index contributed by atoms with van der Waals surface area (Å²) in [6.45, 7) is 9.51. The minimum Gasteiger partial charge on any atom is -0.0907 e. The largest absolute Gasteiger partial charge is 0.0907 e. The monoisotopic (exact) mass is 514 g/mol. The van der Waals surface area contributed by atoms with Crippen LogP contribution in [0.5, 0.6) is 0 Å². The number of rotatable bonds is 29. The maximum absolute atomic E-state index is 2.45. The summed E-state index contributed by atoms with van der Waals surface area (Å²) in [5.41, 5.74) is 0. The van der Waals surface area contributed by atoms with E-state index in [0.717, 1.165) is 10.5 Å². The molecule has 0 N–H and O–H groups in total. The quantitative estimate of drug-likeness (QED) is 0.0718. The van der Waals surface area contributed by atoms with Crippen molar-refractivity contribution in [1.82, 2.24) is 0 Å². The topological polar surface area (TPSA) is 0 Å². The molecule has 0 fully saturated rings. The van der Waals surface area contributed by atoms with Crippen molar-refractivity contribution in [3.63, 3.8) is 0 Å². The van der Waals surface area contributed by atoms with E-state index < -0.39 is 0 Å². The minimum atomic E-state index is 0.831. The number of unbranched alkanes of at least 4 members (excludes halogenated alkanes) is 22. The molecule has 0 aromatic heterocycles. The summed E-state index contributed by atoms with van der Waals surface area (Å²) in [6, 6.07) is 0. The number of hydrogen-bond donors (Lipinski definition) is 0. The van der Waals surface area contributed by atoms with Crippen LogP contribution in [-0.4, -0.2) is 10.5 Å². The molecule has 0 nitrogen and oxygen atoms in total. The number of hydrogen-bond acceptors (Lipinski definition) is 2. The second kappa shape index (κ2) is 29.9. The summed E-state index contributed by atoms with van der Waals surface area (Å²) in [6.07, 6.45) is 37.8. The lowest BCUT2D eigenvalue weighted by atomic mass is 10.0. The second-order valence-corrected chi connectivity index (χ2v) is 14.3. The summed E-state index contributed by atoms with van der Waals surface area (Å²) < 4.78 is 0. The van der Waals surface area contributed by atoms with Crippen LogP contribution in [0.25, 0.3) is 0 Å². The average molecular weight is 515 g/mol. The van der Waals surface area contributed by atoms with Crippen molar-refractivity contribution >= 4 is 21.6 Å². The molecule has 0 aliphatic heterocycles. The van der Waals surface area contributed by atoms with Gasteiger partial charge in [0.2, 0.25) is 0 Å². The van der Waals surface area contributed by atoms with Gasteiger partial charge in [0.05, 0.1) is 0 Å². The molecule has 0 aliphatic rings. The van der Waals surface area contributed by atoms with Crippen LogP contribution in [0.3, 0.4) is 0 Å². The Morgan fingerprint density at radius 1 is 0.324 bits per heavy atom. The van der Waals surface area contributed by atoms with Gasteiger partial charge in [0.1, 0.15) is 0 Å². The molecule has 0 aromatic carbocycles. The highest BCUT2D eigenvalue weighted by molar-refractivity contribution is 8.77. The van der Waals surface area contributed by atoms with Crippen molar-refractivity contribution in [3.8, 4) is 0 Å². The van der Waals surface area contributed by atoms with Gasteiger partial charge in [0.25, 0.3) is 0 Å². The standard InChI is InChI=1S/C32H66S2/c1-5-7-9-11-13-15-17-19-21-23-25-27-29-31(3)33-34-32(4)30-28-26-24-22-20-18-16-14-12-10-8-6-2/h31-32H,5-30H2,1-4H3. The Balaban J connectivity index is 3.27. The van der Waals surface area contributed by atoms with E-state index in [9.17, 15) is 0 Å². The van der Waals surface area contributed by atoms with Gasteiger partial charge in [-0.15, -0.1) is 0 Å². The van der Waals surface area contributed by atoms with Crippen molar-refractivity contribution < 1.29 is 0 Å². The van der Waals surface area contributed by atoms with E-state index in [4.69, 9.17) is 0 Å². The van der Waals surface area contributed by atoms with E-state index in [2.05, 4.69) is 49.3 Å². The molecule has 0 bridgehead atoms. The Bertz CT molecular complexity index is 323. The first-order valence-electron chi connectivity index (χ1n) is 16.0. The first-order valence-corrected chi connectivity index (χ1v) is 18.3. The van der Waals surface area contributed by atoms with Crippen molar-refractivity contribution in [1.29, 1.82) is 0 Å². The third kappa shape index (κ3) is 28.9. The van der Waals surface area contributed by atoms with Crippen LogP contribution < -0.4 is 0 Å². The molecule has 0 rings (SSSR count). The van der Waals surface area contributed by atoms with Crippen molar-refractivity contribution in [2.75, 3.05) is 0 Å². The highest BCUT2D eigenvalue weighted by Gasteiger charge is 2.08. The van der Waals surface area contributed by atoms with Crippen molar-refractivity contribution in [2.24, 2.45) is 0 Å². The van der Waals surface area contributed by atoms with Gasteiger partial charge in [0.15, 0.2) is 0 Å². The highest BCUT2D eigenvalue weighted by atomic mass is 33.1. The lowest BCUT2D eigenvalue weighted by Gasteiger charge is -2.14. The molecular formula is C32H66S2. The predicted octanol–water partition coefficient (Wildman–Crippen LogP) is 13.3. The molecule has 206 valence electrons. The van der Waals surface area contributed by atoms with E-state index in [1.165, 1.54) is 167 Å². The zero-order valence-electron chi connectivity index (χ0n) is 24.4.